The van der Waals surface area contributed by atoms with Crippen molar-refractivity contribution in [3.63, 3.8) is 0 Å². The number of Topliss-reactive ketones (excluding diaryl/α,β-unsaturated/α-hetero) is 1. The molecule has 0 radical (unpaired) electrons. The number of likely N-dealkylation sites (tertiary alicyclic amines) is 1. The topological polar surface area (TPSA) is 40.5 Å². The van der Waals surface area contributed by atoms with Crippen LogP contribution in [0, 0.1) is 5.92 Å². The minimum atomic E-state index is -0.185. The van der Waals surface area contributed by atoms with Gasteiger partial charge in [0.2, 0.25) is 0 Å². The van der Waals surface area contributed by atoms with Crippen LogP contribution in [0.15, 0.2) is 28.7 Å². The van der Waals surface area contributed by atoms with Gasteiger partial charge in [0.1, 0.15) is 0 Å². The largest absolute Gasteiger partial charge is 0.393 e. The van der Waals surface area contributed by atoms with Crippen molar-refractivity contribution in [3.8, 4) is 0 Å². The fourth-order valence-electron chi connectivity index (χ4n) is 2.50. The molecule has 1 aromatic rings. The number of rotatable bonds is 4. The number of halogens is 1. The van der Waals surface area contributed by atoms with Crippen LogP contribution >= 0.6 is 15.9 Å². The minimum absolute atomic E-state index is 0.172. The Labute approximate surface area is 122 Å². The van der Waals surface area contributed by atoms with Gasteiger partial charge in [-0.2, -0.15) is 0 Å². The van der Waals surface area contributed by atoms with Crippen molar-refractivity contribution in [2.75, 3.05) is 19.6 Å². The maximum absolute atomic E-state index is 12.1. The molecule has 0 aliphatic carbocycles. The third-order valence-corrected chi connectivity index (χ3v) is 4.46. The number of aliphatic hydroxyl groups is 1. The summed E-state index contributed by atoms with van der Waals surface area (Å²) in [5, 5.41) is 9.69. The number of benzene rings is 1. The fourth-order valence-corrected chi connectivity index (χ4v) is 3.01. The summed E-state index contributed by atoms with van der Waals surface area (Å²) in [6, 6.07) is 7.55. The number of hydrogen-bond acceptors (Lipinski definition) is 3. The molecule has 19 heavy (non-hydrogen) atoms. The van der Waals surface area contributed by atoms with Gasteiger partial charge in [-0.05, 0) is 18.4 Å². The molecule has 1 aliphatic heterocycles. The lowest BCUT2D eigenvalue weighted by atomic mass is 9.96. The van der Waals surface area contributed by atoms with E-state index in [9.17, 15) is 9.90 Å². The zero-order valence-electron chi connectivity index (χ0n) is 11.2. The Bertz CT molecular complexity index is 450. The molecule has 1 aliphatic rings. The molecule has 0 saturated carbocycles. The van der Waals surface area contributed by atoms with Crippen LogP contribution in [0.3, 0.4) is 0 Å². The summed E-state index contributed by atoms with van der Waals surface area (Å²) in [7, 11) is 0. The van der Waals surface area contributed by atoms with Crippen LogP contribution in [-0.4, -0.2) is 41.5 Å². The van der Waals surface area contributed by atoms with Gasteiger partial charge in [-0.1, -0.05) is 41.1 Å². The summed E-state index contributed by atoms with van der Waals surface area (Å²) >= 11 is 3.41. The first-order chi connectivity index (χ1) is 9.08. The summed E-state index contributed by atoms with van der Waals surface area (Å²) in [6.45, 7) is 4.60. The van der Waals surface area contributed by atoms with E-state index in [0.717, 1.165) is 36.1 Å². The van der Waals surface area contributed by atoms with Gasteiger partial charge < -0.3 is 10.0 Å². The highest BCUT2D eigenvalue weighted by Gasteiger charge is 2.24. The lowest BCUT2D eigenvalue weighted by Crippen LogP contribution is -2.42. The number of nitrogens with zero attached hydrogens (tertiary/aromatic N) is 1. The molecule has 2 rings (SSSR count). The van der Waals surface area contributed by atoms with Crippen LogP contribution in [-0.2, 0) is 0 Å². The lowest BCUT2D eigenvalue weighted by Gasteiger charge is -2.34. The number of carbonyl (C=O) groups is 1. The van der Waals surface area contributed by atoms with Crippen LogP contribution in [0.25, 0.3) is 0 Å². The first-order valence-electron chi connectivity index (χ1n) is 6.76. The van der Waals surface area contributed by atoms with Gasteiger partial charge >= 0.3 is 0 Å². The van der Waals surface area contributed by atoms with Crippen molar-refractivity contribution in [1.29, 1.82) is 0 Å². The van der Waals surface area contributed by atoms with E-state index >= 15 is 0 Å². The molecule has 0 spiro atoms. The summed E-state index contributed by atoms with van der Waals surface area (Å²) < 4.78 is 0.863. The summed E-state index contributed by atoms with van der Waals surface area (Å²) in [5.41, 5.74) is 0.757. The van der Waals surface area contributed by atoms with Crippen molar-refractivity contribution in [2.45, 2.75) is 25.9 Å². The highest BCUT2D eigenvalue weighted by atomic mass is 79.9. The Balaban J connectivity index is 1.86. The molecule has 2 atom stereocenters. The average Bonchev–Trinajstić information content (AvgIpc) is 2.40. The lowest BCUT2D eigenvalue weighted by molar-refractivity contribution is 0.0346. The second-order valence-electron chi connectivity index (χ2n) is 5.29. The molecule has 1 aromatic carbocycles. The van der Waals surface area contributed by atoms with Crippen molar-refractivity contribution in [3.05, 3.63) is 34.3 Å². The maximum Gasteiger partial charge on any atom is 0.165 e. The minimum Gasteiger partial charge on any atom is -0.393 e. The SMILES string of the molecule is CC1CN(CCC(=O)c2ccccc2Br)CCC1O. The van der Waals surface area contributed by atoms with Crippen LogP contribution < -0.4 is 0 Å². The Morgan fingerprint density at radius 1 is 1.47 bits per heavy atom. The zero-order chi connectivity index (χ0) is 13.8. The summed E-state index contributed by atoms with van der Waals surface area (Å²) in [6.07, 6.45) is 1.16. The van der Waals surface area contributed by atoms with Gasteiger partial charge in [0.25, 0.3) is 0 Å². The molecule has 1 saturated heterocycles. The quantitative estimate of drug-likeness (QED) is 0.865. The first kappa shape index (κ1) is 14.7. The number of hydrogen-bond donors (Lipinski definition) is 1. The molecular formula is C15H20BrNO2. The molecule has 0 aromatic heterocycles. The zero-order valence-corrected chi connectivity index (χ0v) is 12.8. The molecular weight excluding hydrogens is 306 g/mol. The molecule has 1 heterocycles. The van der Waals surface area contributed by atoms with E-state index in [-0.39, 0.29) is 11.9 Å². The Morgan fingerprint density at radius 2 is 2.21 bits per heavy atom. The van der Waals surface area contributed by atoms with E-state index in [2.05, 4.69) is 27.8 Å². The maximum atomic E-state index is 12.1. The predicted molar refractivity (Wildman–Crippen MR) is 79.3 cm³/mol. The van der Waals surface area contributed by atoms with E-state index in [1.54, 1.807) is 0 Å². The molecule has 3 nitrogen and oxygen atoms in total. The van der Waals surface area contributed by atoms with Crippen molar-refractivity contribution < 1.29 is 9.90 Å². The number of ketones is 1. The smallest absolute Gasteiger partial charge is 0.165 e. The summed E-state index contributed by atoms with van der Waals surface area (Å²) in [4.78, 5) is 14.4. The number of carbonyl (C=O) groups excluding carboxylic acids is 1. The second-order valence-corrected chi connectivity index (χ2v) is 6.14. The van der Waals surface area contributed by atoms with E-state index < -0.39 is 0 Å². The van der Waals surface area contributed by atoms with Gasteiger partial charge in [-0.3, -0.25) is 4.79 Å². The molecule has 0 amide bonds. The Kier molecular flexibility index (Phi) is 5.13. The Morgan fingerprint density at radius 3 is 2.89 bits per heavy atom. The van der Waals surface area contributed by atoms with E-state index in [4.69, 9.17) is 0 Å². The average molecular weight is 326 g/mol. The number of piperidine rings is 1. The van der Waals surface area contributed by atoms with Gasteiger partial charge in [0.05, 0.1) is 6.10 Å². The highest BCUT2D eigenvalue weighted by Crippen LogP contribution is 2.19. The van der Waals surface area contributed by atoms with Crippen LogP contribution in [0.2, 0.25) is 0 Å². The molecule has 1 N–H and O–H groups in total. The Hall–Kier alpha value is -0.710. The fraction of sp³-hybridized carbons (Fsp3) is 0.533. The van der Waals surface area contributed by atoms with Gasteiger partial charge in [-0.15, -0.1) is 0 Å². The van der Waals surface area contributed by atoms with Crippen molar-refractivity contribution >= 4 is 21.7 Å². The van der Waals surface area contributed by atoms with Gasteiger partial charge in [0, 0.05) is 36.1 Å². The normalized spacial score (nSPS) is 24.4. The molecule has 2 unspecified atom stereocenters. The van der Waals surface area contributed by atoms with E-state index in [0.29, 0.717) is 12.3 Å². The summed E-state index contributed by atoms with van der Waals surface area (Å²) in [5.74, 6) is 0.471. The van der Waals surface area contributed by atoms with Crippen molar-refractivity contribution in [1.82, 2.24) is 4.90 Å². The third-order valence-electron chi connectivity index (χ3n) is 3.77. The van der Waals surface area contributed by atoms with E-state index in [1.807, 2.05) is 24.3 Å². The van der Waals surface area contributed by atoms with Crippen LogP contribution in [0.5, 0.6) is 0 Å². The van der Waals surface area contributed by atoms with E-state index in [1.165, 1.54) is 0 Å². The second kappa shape index (κ2) is 6.64. The van der Waals surface area contributed by atoms with Gasteiger partial charge in [0.15, 0.2) is 5.78 Å². The highest BCUT2D eigenvalue weighted by molar-refractivity contribution is 9.10. The molecule has 0 bridgehead atoms. The first-order valence-corrected chi connectivity index (χ1v) is 7.55. The standard InChI is InChI=1S/C15H20BrNO2/c1-11-10-17(8-6-14(11)18)9-7-15(19)12-4-2-3-5-13(12)16/h2-5,11,14,18H,6-10H2,1H3. The van der Waals surface area contributed by atoms with Crippen molar-refractivity contribution in [2.24, 2.45) is 5.92 Å². The molecule has 1 fully saturated rings. The molecule has 104 valence electrons. The number of aliphatic hydroxyl groups excluding tert-OH is 1. The van der Waals surface area contributed by atoms with Gasteiger partial charge in [-0.25, -0.2) is 0 Å². The van der Waals surface area contributed by atoms with Crippen LogP contribution in [0.4, 0.5) is 0 Å². The van der Waals surface area contributed by atoms with Crippen LogP contribution in [0.1, 0.15) is 30.1 Å². The molecule has 4 heteroatoms. The monoisotopic (exact) mass is 325 g/mol. The predicted octanol–water partition coefficient (Wildman–Crippen LogP) is 2.72. The third kappa shape index (κ3) is 3.88.